The smallest absolute Gasteiger partial charge is 0.386 e. The van der Waals surface area contributed by atoms with Crippen LogP contribution in [0.15, 0.2) is 18.3 Å². The molecular weight excluding hydrogens is 561 g/mol. The second-order valence-electron chi connectivity index (χ2n) is 11.2. The molecule has 2 aliphatic rings. The monoisotopic (exact) mass is 591 g/mol. The van der Waals surface area contributed by atoms with Crippen LogP contribution in [0.4, 0.5) is 17.6 Å². The number of nitrogens with zero attached hydrogens (tertiary/aromatic N) is 3. The average Bonchev–Trinajstić information content (AvgIpc) is 3.56. The molecule has 2 aliphatic carbocycles. The van der Waals surface area contributed by atoms with Crippen LogP contribution >= 0.6 is 23.2 Å². The molecule has 0 aliphatic heterocycles. The second kappa shape index (κ2) is 10.7. The third-order valence-corrected chi connectivity index (χ3v) is 9.28. The highest BCUT2D eigenvalue weighted by atomic mass is 35.5. The van der Waals surface area contributed by atoms with Gasteiger partial charge in [0.25, 0.3) is 5.91 Å². The van der Waals surface area contributed by atoms with Gasteiger partial charge in [-0.2, -0.15) is 18.3 Å². The van der Waals surface area contributed by atoms with Crippen molar-refractivity contribution in [3.63, 3.8) is 0 Å². The molecule has 1 unspecified atom stereocenters. The third kappa shape index (κ3) is 5.70. The first-order chi connectivity index (χ1) is 18.1. The van der Waals surface area contributed by atoms with Crippen molar-refractivity contribution in [1.29, 1.82) is 0 Å². The second-order valence-corrected chi connectivity index (χ2v) is 12.0. The van der Waals surface area contributed by atoms with Crippen molar-refractivity contribution in [1.82, 2.24) is 14.7 Å². The van der Waals surface area contributed by atoms with Crippen LogP contribution in [0.3, 0.4) is 0 Å². The molecule has 1 heterocycles. The lowest BCUT2D eigenvalue weighted by Gasteiger charge is -2.36. The zero-order chi connectivity index (χ0) is 28.9. The van der Waals surface area contributed by atoms with E-state index in [-0.39, 0.29) is 40.8 Å². The van der Waals surface area contributed by atoms with Gasteiger partial charge in [-0.05, 0) is 64.5 Å². The molecule has 0 bridgehead atoms. The zero-order valence-electron chi connectivity index (χ0n) is 21.9. The minimum atomic E-state index is -4.55. The number of aromatic nitrogens is 2. The number of Topliss-reactive ketones (excluding diaryl/α,β-unsaturated/α-hetero) is 1. The van der Waals surface area contributed by atoms with E-state index >= 15 is 0 Å². The molecule has 12 heteroatoms. The summed E-state index contributed by atoms with van der Waals surface area (Å²) in [5.41, 5.74) is -2.09. The molecule has 1 amide bonds. The standard InChI is InChI=1S/C27H31Cl2F4N3O3/c1-15-18(12-34-36(15)17-6-8-25(3,9-7-17)16(2)37)24(39)35(14-26(10-11-26)27(31,32)33)13-21(38)22-19(28)4-5-20(30)23(22)29/h4-5,12,17,21,38H,6-11,13-14H2,1-3H3. The number of aliphatic hydroxyl groups excluding tert-OH is 1. The Balaban J connectivity index is 1.61. The lowest BCUT2D eigenvalue weighted by Crippen LogP contribution is -2.43. The Morgan fingerprint density at radius 2 is 1.82 bits per heavy atom. The van der Waals surface area contributed by atoms with E-state index in [1.54, 1.807) is 18.5 Å². The maximum atomic E-state index is 14.1. The molecule has 1 atom stereocenters. The number of hydrogen-bond acceptors (Lipinski definition) is 4. The van der Waals surface area contributed by atoms with Crippen LogP contribution < -0.4 is 0 Å². The molecule has 0 radical (unpaired) electrons. The lowest BCUT2D eigenvalue weighted by molar-refractivity contribution is -0.190. The van der Waals surface area contributed by atoms with Crippen molar-refractivity contribution in [3.05, 3.63) is 51.0 Å². The fourth-order valence-corrected chi connectivity index (χ4v) is 6.05. The Morgan fingerprint density at radius 1 is 1.21 bits per heavy atom. The van der Waals surface area contributed by atoms with Crippen LogP contribution in [0.25, 0.3) is 0 Å². The van der Waals surface area contributed by atoms with Gasteiger partial charge in [-0.1, -0.05) is 30.1 Å². The molecular formula is C27H31Cl2F4N3O3. The molecule has 6 nitrogen and oxygen atoms in total. The van der Waals surface area contributed by atoms with Gasteiger partial charge in [0.15, 0.2) is 0 Å². The summed E-state index contributed by atoms with van der Waals surface area (Å²) in [7, 11) is 0. The predicted molar refractivity (Wildman–Crippen MR) is 138 cm³/mol. The molecule has 1 N–H and O–H groups in total. The fourth-order valence-electron chi connectivity index (χ4n) is 5.42. The van der Waals surface area contributed by atoms with E-state index in [0.29, 0.717) is 31.4 Å². The summed E-state index contributed by atoms with van der Waals surface area (Å²) in [5.74, 6) is -1.46. The number of benzene rings is 1. The molecule has 2 fully saturated rings. The summed E-state index contributed by atoms with van der Waals surface area (Å²) in [6.45, 7) is 3.93. The van der Waals surface area contributed by atoms with E-state index in [1.807, 2.05) is 6.92 Å². The van der Waals surface area contributed by atoms with Crippen LogP contribution in [0.1, 0.15) is 86.1 Å². The molecule has 2 aromatic rings. The van der Waals surface area contributed by atoms with Gasteiger partial charge in [-0.15, -0.1) is 0 Å². The summed E-state index contributed by atoms with van der Waals surface area (Å²) in [6, 6.07) is 2.13. The number of carbonyl (C=O) groups excluding carboxylic acids is 2. The molecule has 1 aromatic heterocycles. The lowest BCUT2D eigenvalue weighted by atomic mass is 9.71. The van der Waals surface area contributed by atoms with Crippen molar-refractivity contribution in [3.8, 4) is 0 Å². The highest BCUT2D eigenvalue weighted by Gasteiger charge is 2.64. The van der Waals surface area contributed by atoms with Crippen LogP contribution in [-0.4, -0.2) is 50.7 Å². The normalized spacial score (nSPS) is 23.4. The maximum Gasteiger partial charge on any atom is 0.396 e. The Hall–Kier alpha value is -2.17. The largest absolute Gasteiger partial charge is 0.396 e. The summed E-state index contributed by atoms with van der Waals surface area (Å²) in [5, 5.41) is 14.8. The number of halogens is 6. The third-order valence-electron chi connectivity index (χ3n) is 8.57. The number of hydrogen-bond donors (Lipinski definition) is 1. The van der Waals surface area contributed by atoms with Gasteiger partial charge in [0.1, 0.15) is 11.6 Å². The predicted octanol–water partition coefficient (Wildman–Crippen LogP) is 6.87. The zero-order valence-corrected chi connectivity index (χ0v) is 23.4. The number of rotatable bonds is 8. The first-order valence-electron chi connectivity index (χ1n) is 12.8. The van der Waals surface area contributed by atoms with Gasteiger partial charge in [0.2, 0.25) is 0 Å². The van der Waals surface area contributed by atoms with Gasteiger partial charge in [-0.3, -0.25) is 14.3 Å². The van der Waals surface area contributed by atoms with E-state index in [1.165, 1.54) is 12.3 Å². The summed E-state index contributed by atoms with van der Waals surface area (Å²) in [4.78, 5) is 26.7. The summed E-state index contributed by atoms with van der Waals surface area (Å²) >= 11 is 12.1. The minimum absolute atomic E-state index is 0.0622. The Morgan fingerprint density at radius 3 is 2.36 bits per heavy atom. The summed E-state index contributed by atoms with van der Waals surface area (Å²) < 4.78 is 57.4. The van der Waals surface area contributed by atoms with Gasteiger partial charge >= 0.3 is 6.18 Å². The van der Waals surface area contributed by atoms with E-state index in [9.17, 15) is 32.3 Å². The first-order valence-corrected chi connectivity index (χ1v) is 13.6. The number of amides is 1. The van der Waals surface area contributed by atoms with Gasteiger partial charge in [-0.25, -0.2) is 4.39 Å². The van der Waals surface area contributed by atoms with E-state index < -0.39 is 52.9 Å². The van der Waals surface area contributed by atoms with Crippen molar-refractivity contribution < 1.29 is 32.3 Å². The van der Waals surface area contributed by atoms with E-state index in [0.717, 1.165) is 11.0 Å². The number of aliphatic hydroxyl groups is 1. The SMILES string of the molecule is CC(=O)C1(C)CCC(n2ncc(C(=O)N(CC(O)c3c(Cl)ccc(F)c3Cl)CC3(C(F)(F)F)CC3)c2C)CC1. The highest BCUT2D eigenvalue weighted by Crippen LogP contribution is 2.58. The molecule has 39 heavy (non-hydrogen) atoms. The maximum absolute atomic E-state index is 14.1. The van der Waals surface area contributed by atoms with Crippen molar-refractivity contribution in [2.45, 2.75) is 77.6 Å². The van der Waals surface area contributed by atoms with Gasteiger partial charge in [0, 0.05) is 28.2 Å². The van der Waals surface area contributed by atoms with Crippen LogP contribution in [-0.2, 0) is 4.79 Å². The van der Waals surface area contributed by atoms with Crippen LogP contribution in [0, 0.1) is 23.6 Å². The van der Waals surface area contributed by atoms with Gasteiger partial charge < -0.3 is 10.0 Å². The van der Waals surface area contributed by atoms with Crippen LogP contribution in [0.2, 0.25) is 10.0 Å². The molecule has 4 rings (SSSR count). The Labute approximate surface area is 234 Å². The first kappa shape index (κ1) is 29.8. The van der Waals surface area contributed by atoms with Crippen molar-refractivity contribution in [2.24, 2.45) is 10.8 Å². The quantitative estimate of drug-likeness (QED) is 0.268. The number of ketones is 1. The van der Waals surface area contributed by atoms with Crippen LogP contribution in [0.5, 0.6) is 0 Å². The number of alkyl halides is 3. The molecule has 0 saturated heterocycles. The fraction of sp³-hybridized carbons (Fsp3) is 0.593. The average molecular weight is 592 g/mol. The van der Waals surface area contributed by atoms with Crippen molar-refractivity contribution in [2.75, 3.05) is 13.1 Å². The highest BCUT2D eigenvalue weighted by molar-refractivity contribution is 6.36. The number of carbonyl (C=O) groups is 2. The molecule has 2 saturated carbocycles. The molecule has 214 valence electrons. The Kier molecular flexibility index (Phi) is 8.15. The molecule has 1 aromatic carbocycles. The topological polar surface area (TPSA) is 75.4 Å². The van der Waals surface area contributed by atoms with Gasteiger partial charge in [0.05, 0.1) is 40.9 Å². The summed E-state index contributed by atoms with van der Waals surface area (Å²) in [6.07, 6.45) is -2.48. The van der Waals surface area contributed by atoms with Crippen molar-refractivity contribution >= 4 is 34.9 Å². The molecule has 0 spiro atoms. The Bertz CT molecular complexity index is 1270. The van der Waals surface area contributed by atoms with E-state index in [2.05, 4.69) is 5.10 Å². The minimum Gasteiger partial charge on any atom is -0.386 e. The van der Waals surface area contributed by atoms with E-state index in [4.69, 9.17) is 23.2 Å².